The summed E-state index contributed by atoms with van der Waals surface area (Å²) in [6, 6.07) is 0. The first-order valence-electron chi connectivity index (χ1n) is 7.86. The van der Waals surface area contributed by atoms with Crippen molar-refractivity contribution in [1.82, 2.24) is 0 Å². The topological polar surface area (TPSA) is 0 Å². The molecular formula is C19H36. The van der Waals surface area contributed by atoms with Crippen molar-refractivity contribution >= 4 is 0 Å². The standard InChI is InChI=1S/C18H32.CH4/c1-3-5-7-9-11-13-15-17-18-16-14-12-10-8-6-4-2;/h3,5,7,9,11H,1,4,6,8,10,12-18H2,2H3;1H4. The first-order chi connectivity index (χ1) is 8.91. The summed E-state index contributed by atoms with van der Waals surface area (Å²) in [6.07, 6.45) is 25.6. The van der Waals surface area contributed by atoms with Gasteiger partial charge in [0, 0.05) is 0 Å². The Morgan fingerprint density at radius 1 is 0.684 bits per heavy atom. The van der Waals surface area contributed by atoms with Crippen LogP contribution in [-0.2, 0) is 0 Å². The van der Waals surface area contributed by atoms with Crippen LogP contribution in [0.4, 0.5) is 0 Å². The molecule has 0 saturated carbocycles. The maximum absolute atomic E-state index is 3.64. The quantitative estimate of drug-likeness (QED) is 0.243. The predicted octanol–water partition coefficient (Wildman–Crippen LogP) is 7.23. The van der Waals surface area contributed by atoms with Gasteiger partial charge >= 0.3 is 0 Å². The van der Waals surface area contributed by atoms with Crippen LogP contribution in [0.3, 0.4) is 0 Å². The van der Waals surface area contributed by atoms with Crippen molar-refractivity contribution in [2.45, 2.75) is 85.0 Å². The van der Waals surface area contributed by atoms with Crippen LogP contribution in [0.1, 0.15) is 85.0 Å². The number of rotatable bonds is 13. The second kappa shape index (κ2) is 19.6. The average Bonchev–Trinajstić information content (AvgIpc) is 2.39. The third kappa shape index (κ3) is 19.7. The van der Waals surface area contributed by atoms with E-state index in [0.29, 0.717) is 0 Å². The van der Waals surface area contributed by atoms with Crippen molar-refractivity contribution in [2.24, 2.45) is 0 Å². The third-order valence-electron chi connectivity index (χ3n) is 3.22. The highest BCUT2D eigenvalue weighted by Gasteiger charge is 1.91. The van der Waals surface area contributed by atoms with Crippen LogP contribution in [0.2, 0.25) is 0 Å². The van der Waals surface area contributed by atoms with Gasteiger partial charge in [-0.25, -0.2) is 0 Å². The van der Waals surface area contributed by atoms with Crippen molar-refractivity contribution in [1.29, 1.82) is 0 Å². The molecule has 0 aliphatic carbocycles. The molecule has 112 valence electrons. The van der Waals surface area contributed by atoms with E-state index in [0.717, 1.165) is 0 Å². The Morgan fingerprint density at radius 3 is 1.74 bits per heavy atom. The van der Waals surface area contributed by atoms with Crippen molar-refractivity contribution in [2.75, 3.05) is 0 Å². The molecule has 0 amide bonds. The molecule has 0 spiro atoms. The Morgan fingerprint density at radius 2 is 1.21 bits per heavy atom. The van der Waals surface area contributed by atoms with Crippen LogP contribution in [0.25, 0.3) is 0 Å². The van der Waals surface area contributed by atoms with E-state index in [9.17, 15) is 0 Å². The molecule has 0 N–H and O–H groups in total. The monoisotopic (exact) mass is 264 g/mol. The SMILES string of the molecule is C.C=CC=CC=CCCCCCCCCCCCC. The van der Waals surface area contributed by atoms with Gasteiger partial charge in [0.2, 0.25) is 0 Å². The van der Waals surface area contributed by atoms with Crippen molar-refractivity contribution in [3.8, 4) is 0 Å². The van der Waals surface area contributed by atoms with Gasteiger partial charge in [-0.05, 0) is 12.8 Å². The molecule has 0 nitrogen and oxygen atoms in total. The second-order valence-electron chi connectivity index (χ2n) is 5.02. The molecule has 0 saturated heterocycles. The van der Waals surface area contributed by atoms with E-state index in [1.165, 1.54) is 70.6 Å². The smallest absolute Gasteiger partial charge is 0.0348 e. The number of unbranched alkanes of at least 4 members (excludes halogenated alkanes) is 10. The van der Waals surface area contributed by atoms with Crippen molar-refractivity contribution < 1.29 is 0 Å². The molecule has 0 aromatic rings. The molecule has 0 heterocycles. The van der Waals surface area contributed by atoms with Crippen molar-refractivity contribution in [3.63, 3.8) is 0 Å². The Bertz CT molecular complexity index is 210. The molecule has 0 aromatic heterocycles. The molecule has 0 heteroatoms. The van der Waals surface area contributed by atoms with Gasteiger partial charge in [-0.15, -0.1) is 0 Å². The molecule has 0 unspecified atom stereocenters. The summed E-state index contributed by atoms with van der Waals surface area (Å²) in [5.41, 5.74) is 0. The summed E-state index contributed by atoms with van der Waals surface area (Å²) in [6.45, 7) is 5.92. The Balaban J connectivity index is 0. The maximum atomic E-state index is 3.64. The zero-order valence-electron chi connectivity index (χ0n) is 12.4. The minimum atomic E-state index is 0. The fourth-order valence-corrected chi connectivity index (χ4v) is 2.07. The number of hydrogen-bond donors (Lipinski definition) is 0. The van der Waals surface area contributed by atoms with Crippen LogP contribution in [0.15, 0.2) is 37.0 Å². The minimum Gasteiger partial charge on any atom is -0.0991 e. The summed E-state index contributed by atoms with van der Waals surface area (Å²) < 4.78 is 0. The van der Waals surface area contributed by atoms with Gasteiger partial charge < -0.3 is 0 Å². The van der Waals surface area contributed by atoms with Gasteiger partial charge in [0.05, 0.1) is 0 Å². The Hall–Kier alpha value is -0.780. The Kier molecular flexibility index (Phi) is 21.1. The zero-order valence-corrected chi connectivity index (χ0v) is 12.4. The largest absolute Gasteiger partial charge is 0.0991 e. The van der Waals surface area contributed by atoms with Crippen LogP contribution in [-0.4, -0.2) is 0 Å². The lowest BCUT2D eigenvalue weighted by Gasteiger charge is -2.01. The van der Waals surface area contributed by atoms with E-state index in [1.54, 1.807) is 0 Å². The molecule has 0 bridgehead atoms. The number of allylic oxidation sites excluding steroid dienone is 5. The van der Waals surface area contributed by atoms with Gasteiger partial charge in [-0.2, -0.15) is 0 Å². The number of hydrogen-bond acceptors (Lipinski definition) is 0. The van der Waals surface area contributed by atoms with E-state index in [-0.39, 0.29) is 7.43 Å². The van der Waals surface area contributed by atoms with Crippen LogP contribution in [0, 0.1) is 0 Å². The van der Waals surface area contributed by atoms with Gasteiger partial charge in [0.15, 0.2) is 0 Å². The van der Waals surface area contributed by atoms with E-state index in [2.05, 4.69) is 25.7 Å². The molecule has 19 heavy (non-hydrogen) atoms. The lowest BCUT2D eigenvalue weighted by molar-refractivity contribution is 0.557. The first-order valence-corrected chi connectivity index (χ1v) is 7.86. The summed E-state index contributed by atoms with van der Waals surface area (Å²) in [5.74, 6) is 0. The van der Waals surface area contributed by atoms with E-state index in [1.807, 2.05) is 18.2 Å². The highest BCUT2D eigenvalue weighted by atomic mass is 14.0. The molecule has 0 atom stereocenters. The van der Waals surface area contributed by atoms with Gasteiger partial charge in [-0.1, -0.05) is 109 Å². The molecule has 0 rings (SSSR count). The fourth-order valence-electron chi connectivity index (χ4n) is 2.07. The minimum absolute atomic E-state index is 0. The van der Waals surface area contributed by atoms with Crippen LogP contribution < -0.4 is 0 Å². The van der Waals surface area contributed by atoms with Crippen LogP contribution in [0.5, 0.6) is 0 Å². The third-order valence-corrected chi connectivity index (χ3v) is 3.22. The van der Waals surface area contributed by atoms with Crippen LogP contribution >= 0.6 is 0 Å². The highest BCUT2D eigenvalue weighted by molar-refractivity contribution is 5.08. The maximum Gasteiger partial charge on any atom is -0.0348 e. The molecule has 0 fully saturated rings. The van der Waals surface area contributed by atoms with E-state index in [4.69, 9.17) is 0 Å². The van der Waals surface area contributed by atoms with E-state index < -0.39 is 0 Å². The van der Waals surface area contributed by atoms with Gasteiger partial charge in [0.25, 0.3) is 0 Å². The summed E-state index contributed by atoms with van der Waals surface area (Å²) in [7, 11) is 0. The predicted molar refractivity (Wildman–Crippen MR) is 91.7 cm³/mol. The highest BCUT2D eigenvalue weighted by Crippen LogP contribution is 2.11. The zero-order chi connectivity index (χ0) is 13.3. The lowest BCUT2D eigenvalue weighted by Crippen LogP contribution is -1.81. The molecule has 0 aliphatic heterocycles. The molecule has 0 aromatic carbocycles. The van der Waals surface area contributed by atoms with Crippen molar-refractivity contribution in [3.05, 3.63) is 37.0 Å². The molecule has 0 radical (unpaired) electrons. The lowest BCUT2D eigenvalue weighted by atomic mass is 10.1. The van der Waals surface area contributed by atoms with Gasteiger partial charge in [0.1, 0.15) is 0 Å². The fraction of sp³-hybridized carbons (Fsp3) is 0.684. The van der Waals surface area contributed by atoms with Gasteiger partial charge in [-0.3, -0.25) is 0 Å². The van der Waals surface area contributed by atoms with E-state index >= 15 is 0 Å². The average molecular weight is 264 g/mol. The normalized spacial score (nSPS) is 11.0. The Labute approximate surface area is 122 Å². The summed E-state index contributed by atoms with van der Waals surface area (Å²) >= 11 is 0. The summed E-state index contributed by atoms with van der Waals surface area (Å²) in [4.78, 5) is 0. The molecular weight excluding hydrogens is 228 g/mol. The molecule has 0 aliphatic rings. The first kappa shape index (κ1) is 20.5. The summed E-state index contributed by atoms with van der Waals surface area (Å²) in [5, 5.41) is 0. The second-order valence-corrected chi connectivity index (χ2v) is 5.02.